The van der Waals surface area contributed by atoms with Crippen LogP contribution in [0.3, 0.4) is 0 Å². The molecule has 0 N–H and O–H groups in total. The van der Waals surface area contributed by atoms with Crippen LogP contribution in [0.25, 0.3) is 64.6 Å². The third kappa shape index (κ3) is 4.66. The topological polar surface area (TPSA) is 0 Å². The molecule has 10 rings (SSSR count). The van der Waals surface area contributed by atoms with Gasteiger partial charge in [0.15, 0.2) is 0 Å². The van der Waals surface area contributed by atoms with Crippen molar-refractivity contribution in [3.05, 3.63) is 191 Å². The molecule has 0 fully saturated rings. The van der Waals surface area contributed by atoms with Gasteiger partial charge in [-0.05, 0) is 122 Å². The molecule has 0 radical (unpaired) electrons. The first-order chi connectivity index (χ1) is 26.0. The van der Waals surface area contributed by atoms with E-state index in [9.17, 15) is 0 Å². The van der Waals surface area contributed by atoms with Gasteiger partial charge in [-0.3, -0.25) is 0 Å². The van der Waals surface area contributed by atoms with Gasteiger partial charge in [0.2, 0.25) is 0 Å². The highest BCUT2D eigenvalue weighted by Crippen LogP contribution is 2.60. The van der Waals surface area contributed by atoms with Crippen molar-refractivity contribution in [2.75, 3.05) is 0 Å². The van der Waals surface area contributed by atoms with Crippen LogP contribution in [0.5, 0.6) is 0 Å². The van der Waals surface area contributed by atoms with E-state index >= 15 is 0 Å². The molecule has 256 valence electrons. The smallest absolute Gasteiger partial charge is 0.0645 e. The Morgan fingerprint density at radius 1 is 0.358 bits per heavy atom. The second-order valence-corrected chi connectivity index (χ2v) is 21.0. The molecular weight excluding hydrogens is 653 g/mol. The first-order valence-electron chi connectivity index (χ1n) is 19.4. The maximum absolute atomic E-state index is 2.63. The van der Waals surface area contributed by atoms with Crippen molar-refractivity contribution in [1.29, 1.82) is 0 Å². The van der Waals surface area contributed by atoms with E-state index in [0.29, 0.717) is 11.1 Å². The highest BCUT2D eigenvalue weighted by Gasteiger charge is 2.53. The van der Waals surface area contributed by atoms with Gasteiger partial charge in [-0.2, -0.15) is 0 Å². The van der Waals surface area contributed by atoms with Crippen LogP contribution in [0.4, 0.5) is 0 Å². The van der Waals surface area contributed by atoms with E-state index in [1.807, 2.05) is 0 Å². The minimum Gasteiger partial charge on any atom is -0.0645 e. The van der Waals surface area contributed by atoms with E-state index in [-0.39, 0.29) is 0 Å². The largest absolute Gasteiger partial charge is 0.125 e. The van der Waals surface area contributed by atoms with Gasteiger partial charge in [0.05, 0.1) is 0 Å². The second kappa shape index (κ2) is 12.3. The van der Waals surface area contributed by atoms with E-state index in [1.165, 1.54) is 76.5 Å². The molecule has 0 atom stereocenters. The first kappa shape index (κ1) is 32.2. The average Bonchev–Trinajstić information content (AvgIpc) is 3.77. The first-order valence-corrected chi connectivity index (χ1v) is 21.6. The number of hydrogen-bond donors (Lipinski definition) is 0. The Hall–Kier alpha value is -5.50. The summed E-state index contributed by atoms with van der Waals surface area (Å²) in [4.78, 5) is 0. The third-order valence-electron chi connectivity index (χ3n) is 12.7. The minimum atomic E-state index is -2.63. The van der Waals surface area contributed by atoms with E-state index in [4.69, 9.17) is 0 Å². The number of fused-ring (bicyclic) bond motifs is 8. The zero-order valence-corrected chi connectivity index (χ0v) is 32.1. The molecule has 0 nitrogen and oxygen atoms in total. The molecule has 8 aromatic carbocycles. The van der Waals surface area contributed by atoms with Crippen molar-refractivity contribution < 1.29 is 0 Å². The molecule has 0 spiro atoms. The third-order valence-corrected chi connectivity index (χ3v) is 19.2. The van der Waals surface area contributed by atoms with Crippen LogP contribution >= 0.6 is 0 Å². The molecule has 0 saturated carbocycles. The molecule has 0 amide bonds. The summed E-state index contributed by atoms with van der Waals surface area (Å²) in [5, 5.41) is 14.0. The monoisotopic (exact) mass is 696 g/mol. The van der Waals surface area contributed by atoms with E-state index in [1.54, 1.807) is 21.5 Å². The molecule has 2 aliphatic rings. The molecule has 8 aromatic rings. The van der Waals surface area contributed by atoms with Gasteiger partial charge in [-0.1, -0.05) is 185 Å². The molecule has 53 heavy (non-hydrogen) atoms. The Labute approximate surface area is 314 Å². The maximum atomic E-state index is 2.56. The van der Waals surface area contributed by atoms with Crippen molar-refractivity contribution in [2.24, 2.45) is 0 Å². The fourth-order valence-electron chi connectivity index (χ4n) is 10.7. The summed E-state index contributed by atoms with van der Waals surface area (Å²) in [7, 11) is -2.63. The van der Waals surface area contributed by atoms with Gasteiger partial charge in [-0.25, -0.2) is 0 Å². The summed E-state index contributed by atoms with van der Waals surface area (Å²) in [5.74, 6) is 0. The van der Waals surface area contributed by atoms with Crippen molar-refractivity contribution in [3.63, 3.8) is 0 Å². The molecule has 0 aromatic heterocycles. The van der Waals surface area contributed by atoms with E-state index < -0.39 is 8.07 Å². The van der Waals surface area contributed by atoms with Crippen molar-refractivity contribution >= 4 is 72.7 Å². The van der Waals surface area contributed by atoms with Crippen LogP contribution in [0.15, 0.2) is 158 Å². The lowest BCUT2D eigenvalue weighted by Crippen LogP contribution is -2.45. The predicted molar refractivity (Wildman–Crippen MR) is 233 cm³/mol. The van der Waals surface area contributed by atoms with Crippen LogP contribution in [-0.4, -0.2) is 8.07 Å². The number of benzene rings is 8. The van der Waals surface area contributed by atoms with Crippen molar-refractivity contribution in [3.8, 4) is 0 Å². The fraction of sp³-hybridized carbons (Fsp3) is 0.154. The molecule has 2 aliphatic carbocycles. The Morgan fingerprint density at radius 2 is 0.717 bits per heavy atom. The molecule has 0 aliphatic heterocycles. The normalized spacial score (nSPS) is 14.5. The molecule has 0 heterocycles. The molecule has 0 saturated heterocycles. The lowest BCUT2D eigenvalue weighted by atomic mass is 9.93. The summed E-state index contributed by atoms with van der Waals surface area (Å²) >= 11 is 0. The maximum Gasteiger partial charge on any atom is 0.125 e. The van der Waals surface area contributed by atoms with E-state index in [2.05, 4.69) is 185 Å². The van der Waals surface area contributed by atoms with Crippen molar-refractivity contribution in [2.45, 2.75) is 51.6 Å². The Kier molecular flexibility index (Phi) is 7.46. The quantitative estimate of drug-likeness (QED) is 0.120. The second-order valence-electron chi connectivity index (χ2n) is 15.9. The number of hydrogen-bond acceptors (Lipinski definition) is 0. The van der Waals surface area contributed by atoms with Crippen LogP contribution < -0.4 is 0 Å². The van der Waals surface area contributed by atoms with Gasteiger partial charge in [0.1, 0.15) is 8.07 Å². The van der Waals surface area contributed by atoms with E-state index in [0.717, 1.165) is 12.8 Å². The minimum absolute atomic E-state index is 0.452. The Morgan fingerprint density at radius 3 is 1.17 bits per heavy atom. The van der Waals surface area contributed by atoms with Crippen molar-refractivity contribution in [1.82, 2.24) is 0 Å². The Bertz CT molecular complexity index is 2650. The summed E-state index contributed by atoms with van der Waals surface area (Å²) < 4.78 is 0. The zero-order chi connectivity index (χ0) is 35.8. The fourth-order valence-corrected chi connectivity index (χ4v) is 17.4. The van der Waals surface area contributed by atoms with Gasteiger partial charge in [0, 0.05) is 0 Å². The number of allylic oxidation sites excluding steroid dienone is 2. The molecule has 0 unspecified atom stereocenters. The Balaban J connectivity index is 1.38. The van der Waals surface area contributed by atoms with Crippen LogP contribution in [0.2, 0.25) is 11.1 Å². The standard InChI is InChI=1S/C52H44Si/c1-33(2)53(34(3)4,51-43-23-11-7-17-39(43)31-47(51)45-25-13-19-37-29-27-35-15-5-9-21-41(35)49(37)45)52-44-24-12-8-18-40(44)32-48(52)46-26-14-20-38-30-28-36-16-6-10-22-42(36)50(38)46/h5-30,33-34H,31-32H2,1-4H3. The van der Waals surface area contributed by atoms with Crippen LogP contribution in [-0.2, 0) is 12.8 Å². The molecular formula is C52H44Si. The average molecular weight is 697 g/mol. The molecule has 0 bridgehead atoms. The lowest BCUT2D eigenvalue weighted by molar-refractivity contribution is 0.932. The highest BCUT2D eigenvalue weighted by atomic mass is 28.3. The van der Waals surface area contributed by atoms with Crippen LogP contribution in [0, 0.1) is 0 Å². The summed E-state index contributed by atoms with van der Waals surface area (Å²) in [6.07, 6.45) is 1.93. The van der Waals surface area contributed by atoms with Gasteiger partial charge < -0.3 is 0 Å². The highest BCUT2D eigenvalue weighted by molar-refractivity contribution is 7.13. The summed E-state index contributed by atoms with van der Waals surface area (Å²) in [6, 6.07) is 60.1. The zero-order valence-electron chi connectivity index (χ0n) is 31.1. The molecule has 1 heteroatoms. The predicted octanol–water partition coefficient (Wildman–Crippen LogP) is 14.3. The van der Waals surface area contributed by atoms with Gasteiger partial charge >= 0.3 is 0 Å². The SMILES string of the molecule is CC(C)[Si](C1=C(c2cccc3ccc4ccccc4c23)Cc2ccccc21)(C1=C(c2cccc3ccc4ccccc4c23)Cc2ccccc21)C(C)C. The van der Waals surface area contributed by atoms with Gasteiger partial charge in [0.25, 0.3) is 0 Å². The summed E-state index contributed by atoms with van der Waals surface area (Å²) in [6.45, 7) is 10.2. The van der Waals surface area contributed by atoms with Crippen LogP contribution in [0.1, 0.15) is 61.1 Å². The lowest BCUT2D eigenvalue weighted by Gasteiger charge is -2.45. The number of rotatable bonds is 6. The summed E-state index contributed by atoms with van der Waals surface area (Å²) in [5.41, 5.74) is 12.7. The van der Waals surface area contributed by atoms with Gasteiger partial charge in [-0.15, -0.1) is 0 Å².